The van der Waals surface area contributed by atoms with Crippen LogP contribution in [0.5, 0.6) is 0 Å². The van der Waals surface area contributed by atoms with Crippen molar-refractivity contribution in [1.29, 1.82) is 0 Å². The molecule has 2 heterocycles. The number of hydrogen-bond acceptors (Lipinski definition) is 4. The van der Waals surface area contributed by atoms with Gasteiger partial charge >= 0.3 is 0 Å². The van der Waals surface area contributed by atoms with Crippen molar-refractivity contribution >= 4 is 32.4 Å². The number of nitrogens with one attached hydrogen (secondary N) is 3. The van der Waals surface area contributed by atoms with Gasteiger partial charge in [0.15, 0.2) is 0 Å². The van der Waals surface area contributed by atoms with Crippen molar-refractivity contribution < 1.29 is 13.2 Å². The summed E-state index contributed by atoms with van der Waals surface area (Å²) in [7, 11) is -3.64. The number of hydrogen-bond donors (Lipinski definition) is 3. The molecule has 138 valence electrons. The normalized spacial score (nSPS) is 25.3. The quantitative estimate of drug-likeness (QED) is 0.768. The molecule has 2 unspecified atom stereocenters. The highest BCUT2D eigenvalue weighted by molar-refractivity contribution is 7.89. The SMILES string of the molecule is CC(=O)Nc1ccc(S(=O)(=O)NC2CC3CCC(C2)N3)c2ccccc12. The van der Waals surface area contributed by atoms with E-state index < -0.39 is 10.0 Å². The molecule has 2 atom stereocenters. The minimum atomic E-state index is -3.64. The van der Waals surface area contributed by atoms with Crippen LogP contribution in [0.1, 0.15) is 32.6 Å². The van der Waals surface area contributed by atoms with E-state index in [1.54, 1.807) is 18.2 Å². The zero-order valence-corrected chi connectivity index (χ0v) is 15.5. The molecule has 0 spiro atoms. The molecule has 4 rings (SSSR count). The fourth-order valence-corrected chi connectivity index (χ4v) is 5.71. The predicted octanol–water partition coefficient (Wildman–Crippen LogP) is 2.36. The van der Waals surface area contributed by atoms with Gasteiger partial charge < -0.3 is 10.6 Å². The van der Waals surface area contributed by atoms with E-state index in [0.29, 0.717) is 23.2 Å². The second kappa shape index (κ2) is 6.64. The maximum atomic E-state index is 13.1. The summed E-state index contributed by atoms with van der Waals surface area (Å²) < 4.78 is 29.0. The fourth-order valence-electron chi connectivity index (χ4n) is 4.24. The Labute approximate surface area is 153 Å². The molecule has 2 aliphatic rings. The third-order valence-electron chi connectivity index (χ3n) is 5.28. The summed E-state index contributed by atoms with van der Waals surface area (Å²) in [6.45, 7) is 1.44. The van der Waals surface area contributed by atoms with Crippen molar-refractivity contribution in [2.45, 2.75) is 55.6 Å². The van der Waals surface area contributed by atoms with Crippen LogP contribution in [0.25, 0.3) is 10.8 Å². The molecule has 2 fully saturated rings. The molecule has 2 aliphatic heterocycles. The Morgan fingerprint density at radius 2 is 1.69 bits per heavy atom. The monoisotopic (exact) mass is 373 g/mol. The Morgan fingerprint density at radius 3 is 2.35 bits per heavy atom. The fraction of sp³-hybridized carbons (Fsp3) is 0.421. The van der Waals surface area contributed by atoms with Gasteiger partial charge in [0, 0.05) is 41.5 Å². The van der Waals surface area contributed by atoms with Gasteiger partial charge in [-0.1, -0.05) is 24.3 Å². The number of piperidine rings is 1. The van der Waals surface area contributed by atoms with E-state index in [9.17, 15) is 13.2 Å². The minimum absolute atomic E-state index is 0.0347. The number of fused-ring (bicyclic) bond motifs is 3. The van der Waals surface area contributed by atoms with Crippen LogP contribution in [-0.4, -0.2) is 32.5 Å². The number of rotatable bonds is 4. The molecule has 26 heavy (non-hydrogen) atoms. The van der Waals surface area contributed by atoms with Gasteiger partial charge in [-0.15, -0.1) is 0 Å². The van der Waals surface area contributed by atoms with E-state index >= 15 is 0 Å². The Morgan fingerprint density at radius 1 is 1.04 bits per heavy atom. The molecule has 0 radical (unpaired) electrons. The van der Waals surface area contributed by atoms with Gasteiger partial charge in [-0.3, -0.25) is 4.79 Å². The highest BCUT2D eigenvalue weighted by Gasteiger charge is 2.35. The van der Waals surface area contributed by atoms with Gasteiger partial charge in [-0.2, -0.15) is 0 Å². The van der Waals surface area contributed by atoms with E-state index in [4.69, 9.17) is 0 Å². The lowest BCUT2D eigenvalue weighted by Crippen LogP contribution is -2.47. The molecule has 1 amide bonds. The number of carbonyl (C=O) groups is 1. The van der Waals surface area contributed by atoms with Crippen LogP contribution in [-0.2, 0) is 14.8 Å². The van der Waals surface area contributed by atoms with Crippen molar-refractivity contribution in [1.82, 2.24) is 10.0 Å². The van der Waals surface area contributed by atoms with E-state index in [1.807, 2.05) is 18.2 Å². The van der Waals surface area contributed by atoms with E-state index in [2.05, 4.69) is 15.4 Å². The van der Waals surface area contributed by atoms with Crippen molar-refractivity contribution in [3.8, 4) is 0 Å². The summed E-state index contributed by atoms with van der Waals surface area (Å²) in [4.78, 5) is 11.7. The van der Waals surface area contributed by atoms with Gasteiger partial charge in [0.25, 0.3) is 0 Å². The average Bonchev–Trinajstić information content (AvgIpc) is 2.92. The number of carbonyl (C=O) groups excluding carboxylic acids is 1. The summed E-state index contributed by atoms with van der Waals surface area (Å²) in [5.41, 5.74) is 0.618. The summed E-state index contributed by atoms with van der Waals surface area (Å²) in [5, 5.41) is 7.62. The zero-order chi connectivity index (χ0) is 18.3. The van der Waals surface area contributed by atoms with Crippen LogP contribution in [0.2, 0.25) is 0 Å². The Hall–Kier alpha value is -1.96. The van der Waals surface area contributed by atoms with Crippen LogP contribution < -0.4 is 15.4 Å². The van der Waals surface area contributed by atoms with Gasteiger partial charge in [-0.25, -0.2) is 13.1 Å². The number of anilines is 1. The van der Waals surface area contributed by atoms with E-state index in [1.165, 1.54) is 6.92 Å². The molecular weight excluding hydrogens is 350 g/mol. The van der Waals surface area contributed by atoms with Crippen molar-refractivity contribution in [3.63, 3.8) is 0 Å². The highest BCUT2D eigenvalue weighted by Crippen LogP contribution is 2.31. The lowest BCUT2D eigenvalue weighted by atomic mass is 10.0. The van der Waals surface area contributed by atoms with Crippen LogP contribution in [0, 0.1) is 0 Å². The second-order valence-electron chi connectivity index (χ2n) is 7.27. The Bertz CT molecular complexity index is 946. The van der Waals surface area contributed by atoms with Gasteiger partial charge in [-0.05, 0) is 37.8 Å². The third-order valence-corrected chi connectivity index (χ3v) is 6.86. The smallest absolute Gasteiger partial charge is 0.241 e. The third kappa shape index (κ3) is 3.34. The van der Waals surface area contributed by atoms with Gasteiger partial charge in [0.1, 0.15) is 0 Å². The van der Waals surface area contributed by atoms with Crippen LogP contribution in [0.4, 0.5) is 5.69 Å². The molecule has 2 aromatic rings. The molecule has 6 nitrogen and oxygen atoms in total. The first kappa shape index (κ1) is 17.5. The Balaban J connectivity index is 1.68. The molecule has 3 N–H and O–H groups in total. The van der Waals surface area contributed by atoms with E-state index in [0.717, 1.165) is 31.1 Å². The molecule has 7 heteroatoms. The number of benzene rings is 2. The van der Waals surface area contributed by atoms with Gasteiger partial charge in [0.2, 0.25) is 15.9 Å². The number of amides is 1. The topological polar surface area (TPSA) is 87.3 Å². The molecule has 2 saturated heterocycles. The second-order valence-corrected chi connectivity index (χ2v) is 8.95. The standard InChI is InChI=1S/C19H23N3O3S/c1-12(23)20-18-8-9-19(17-5-3-2-4-16(17)18)26(24,25)22-15-10-13-6-7-14(11-15)21-13/h2-5,8-9,13-15,21-22H,6-7,10-11H2,1H3,(H,20,23). The Kier molecular flexibility index (Phi) is 4.46. The maximum absolute atomic E-state index is 13.1. The summed E-state index contributed by atoms with van der Waals surface area (Å²) in [6, 6.07) is 11.3. The van der Waals surface area contributed by atoms with Crippen LogP contribution >= 0.6 is 0 Å². The van der Waals surface area contributed by atoms with E-state index in [-0.39, 0.29) is 16.8 Å². The summed E-state index contributed by atoms with van der Waals surface area (Å²) in [6.07, 6.45) is 3.91. The average molecular weight is 373 g/mol. The molecule has 2 bridgehead atoms. The van der Waals surface area contributed by atoms with Crippen molar-refractivity contribution in [3.05, 3.63) is 36.4 Å². The molecule has 0 saturated carbocycles. The number of sulfonamides is 1. The van der Waals surface area contributed by atoms with Crippen molar-refractivity contribution in [2.24, 2.45) is 0 Å². The summed E-state index contributed by atoms with van der Waals surface area (Å²) >= 11 is 0. The molecule has 0 aliphatic carbocycles. The zero-order valence-electron chi connectivity index (χ0n) is 14.7. The van der Waals surface area contributed by atoms with Crippen molar-refractivity contribution in [2.75, 3.05) is 5.32 Å². The predicted molar refractivity (Wildman–Crippen MR) is 102 cm³/mol. The van der Waals surface area contributed by atoms with Gasteiger partial charge in [0.05, 0.1) is 4.90 Å². The minimum Gasteiger partial charge on any atom is -0.326 e. The largest absolute Gasteiger partial charge is 0.326 e. The first-order valence-electron chi connectivity index (χ1n) is 9.00. The molecule has 0 aromatic heterocycles. The lowest BCUT2D eigenvalue weighted by Gasteiger charge is -2.29. The van der Waals surface area contributed by atoms with Crippen LogP contribution in [0.3, 0.4) is 0 Å². The summed E-state index contributed by atoms with van der Waals surface area (Å²) in [5.74, 6) is -0.186. The molecule has 2 aromatic carbocycles. The lowest BCUT2D eigenvalue weighted by molar-refractivity contribution is -0.114. The first-order chi connectivity index (χ1) is 12.4. The first-order valence-corrected chi connectivity index (χ1v) is 10.5. The van der Waals surface area contributed by atoms with Crippen LogP contribution in [0.15, 0.2) is 41.3 Å². The molecular formula is C19H23N3O3S. The maximum Gasteiger partial charge on any atom is 0.241 e. The highest BCUT2D eigenvalue weighted by atomic mass is 32.2.